The highest BCUT2D eigenvalue weighted by atomic mass is 14.3. The summed E-state index contributed by atoms with van der Waals surface area (Å²) >= 11 is 0. The van der Waals surface area contributed by atoms with Gasteiger partial charge in [0.1, 0.15) is 0 Å². The van der Waals surface area contributed by atoms with Gasteiger partial charge in [0, 0.05) is 0 Å². The van der Waals surface area contributed by atoms with Gasteiger partial charge in [0.05, 0.1) is 0 Å². The second-order valence-electron chi connectivity index (χ2n) is 6.31. The standard InChI is InChI=1S/C17H31/c1-2-17(15-11-7-3-4-8-12-15)16-13-9-5-6-10-14-16/h15-16H,2-14H2,1H3. The Bertz CT molecular complexity index is 160. The third kappa shape index (κ3) is 4.00. The highest BCUT2D eigenvalue weighted by Gasteiger charge is 2.29. The molecule has 0 heteroatoms. The van der Waals surface area contributed by atoms with Crippen LogP contribution in [0.5, 0.6) is 0 Å². The van der Waals surface area contributed by atoms with E-state index in [2.05, 4.69) is 6.92 Å². The van der Waals surface area contributed by atoms with Crippen molar-refractivity contribution in [1.29, 1.82) is 0 Å². The maximum atomic E-state index is 2.42. The third-order valence-electron chi connectivity index (χ3n) is 5.17. The average Bonchev–Trinajstić information content (AvgIpc) is 2.75. The summed E-state index contributed by atoms with van der Waals surface area (Å²) in [5.41, 5.74) is 0. The highest BCUT2D eigenvalue weighted by Crippen LogP contribution is 2.41. The summed E-state index contributed by atoms with van der Waals surface area (Å²) in [5.74, 6) is 3.99. The molecular formula is C17H31. The van der Waals surface area contributed by atoms with Crippen LogP contribution in [0.4, 0.5) is 0 Å². The zero-order valence-corrected chi connectivity index (χ0v) is 11.8. The van der Waals surface area contributed by atoms with Gasteiger partial charge in [0.25, 0.3) is 0 Å². The van der Waals surface area contributed by atoms with E-state index in [1.807, 2.05) is 5.92 Å². The summed E-state index contributed by atoms with van der Waals surface area (Å²) in [4.78, 5) is 0. The molecule has 2 aliphatic carbocycles. The predicted molar refractivity (Wildman–Crippen MR) is 75.9 cm³/mol. The Morgan fingerprint density at radius 3 is 1.29 bits per heavy atom. The first-order valence-corrected chi connectivity index (χ1v) is 8.27. The molecule has 0 spiro atoms. The zero-order chi connectivity index (χ0) is 11.9. The zero-order valence-electron chi connectivity index (χ0n) is 11.8. The van der Waals surface area contributed by atoms with Crippen molar-refractivity contribution in [1.82, 2.24) is 0 Å². The van der Waals surface area contributed by atoms with Crippen LogP contribution in [0.25, 0.3) is 0 Å². The monoisotopic (exact) mass is 235 g/mol. The summed E-state index contributed by atoms with van der Waals surface area (Å²) in [6.07, 6.45) is 19.4. The molecule has 0 aliphatic heterocycles. The molecular weight excluding hydrogens is 204 g/mol. The summed E-state index contributed by atoms with van der Waals surface area (Å²) in [7, 11) is 0. The molecule has 0 heterocycles. The lowest BCUT2D eigenvalue weighted by Crippen LogP contribution is -2.20. The first-order valence-electron chi connectivity index (χ1n) is 8.27. The molecule has 0 aromatic carbocycles. The minimum absolute atomic E-state index is 1.01. The van der Waals surface area contributed by atoms with Crippen LogP contribution in [0.1, 0.15) is 90.4 Å². The lowest BCUT2D eigenvalue weighted by molar-refractivity contribution is 0.340. The Hall–Kier alpha value is 0. The summed E-state index contributed by atoms with van der Waals surface area (Å²) < 4.78 is 0. The molecule has 2 saturated carbocycles. The number of rotatable bonds is 3. The third-order valence-corrected chi connectivity index (χ3v) is 5.17. The fraction of sp³-hybridized carbons (Fsp3) is 0.941. The van der Waals surface area contributed by atoms with Crippen molar-refractivity contribution < 1.29 is 0 Å². The van der Waals surface area contributed by atoms with Gasteiger partial charge in [-0.15, -0.1) is 0 Å². The van der Waals surface area contributed by atoms with E-state index in [4.69, 9.17) is 0 Å². The number of hydrogen-bond donors (Lipinski definition) is 0. The van der Waals surface area contributed by atoms with Gasteiger partial charge in [0.2, 0.25) is 0 Å². The quantitative estimate of drug-likeness (QED) is 0.533. The minimum atomic E-state index is 1.01. The Labute approximate surface area is 109 Å². The van der Waals surface area contributed by atoms with Crippen LogP contribution in [0.2, 0.25) is 0 Å². The Morgan fingerprint density at radius 1 is 0.647 bits per heavy atom. The van der Waals surface area contributed by atoms with Gasteiger partial charge in [-0.2, -0.15) is 0 Å². The maximum Gasteiger partial charge on any atom is -0.0182 e. The van der Waals surface area contributed by atoms with Crippen molar-refractivity contribution >= 4 is 0 Å². The lowest BCUT2D eigenvalue weighted by Gasteiger charge is -2.32. The molecule has 0 amide bonds. The van der Waals surface area contributed by atoms with E-state index in [9.17, 15) is 0 Å². The van der Waals surface area contributed by atoms with Gasteiger partial charge in [-0.1, -0.05) is 58.3 Å². The van der Waals surface area contributed by atoms with Crippen LogP contribution in [0.3, 0.4) is 0 Å². The molecule has 0 aromatic rings. The SMILES string of the molecule is CC[C](C1CCCCCC1)C1CCCCCC1. The van der Waals surface area contributed by atoms with E-state index in [-0.39, 0.29) is 0 Å². The van der Waals surface area contributed by atoms with Gasteiger partial charge in [-0.25, -0.2) is 0 Å². The van der Waals surface area contributed by atoms with Gasteiger partial charge in [0.15, 0.2) is 0 Å². The first kappa shape index (κ1) is 13.4. The molecule has 0 aromatic heterocycles. The van der Waals surface area contributed by atoms with Crippen molar-refractivity contribution in [2.75, 3.05) is 0 Å². The maximum absolute atomic E-state index is 2.42. The topological polar surface area (TPSA) is 0 Å². The van der Waals surface area contributed by atoms with E-state index >= 15 is 0 Å². The molecule has 17 heavy (non-hydrogen) atoms. The van der Waals surface area contributed by atoms with Crippen LogP contribution in [0, 0.1) is 17.8 Å². The average molecular weight is 235 g/mol. The van der Waals surface area contributed by atoms with Gasteiger partial charge < -0.3 is 0 Å². The number of hydrogen-bond acceptors (Lipinski definition) is 0. The van der Waals surface area contributed by atoms with Crippen LogP contribution in [-0.2, 0) is 0 Å². The smallest absolute Gasteiger partial charge is 0.0182 e. The second kappa shape index (κ2) is 7.44. The van der Waals surface area contributed by atoms with Gasteiger partial charge in [-0.3, -0.25) is 0 Å². The van der Waals surface area contributed by atoms with Crippen LogP contribution in [-0.4, -0.2) is 0 Å². The Balaban J connectivity index is 1.92. The van der Waals surface area contributed by atoms with E-state index < -0.39 is 0 Å². The van der Waals surface area contributed by atoms with Crippen LogP contribution in [0.15, 0.2) is 0 Å². The molecule has 0 bridgehead atoms. The largest absolute Gasteiger partial charge is 0.0648 e. The Morgan fingerprint density at radius 2 is 1.00 bits per heavy atom. The first-order chi connectivity index (χ1) is 8.42. The molecule has 2 fully saturated rings. The molecule has 1 radical (unpaired) electrons. The molecule has 0 saturated heterocycles. The normalized spacial score (nSPS) is 25.8. The van der Waals surface area contributed by atoms with Crippen LogP contribution >= 0.6 is 0 Å². The Kier molecular flexibility index (Phi) is 5.88. The van der Waals surface area contributed by atoms with E-state index in [0.29, 0.717) is 0 Å². The highest BCUT2D eigenvalue weighted by molar-refractivity contribution is 5.01. The summed E-state index contributed by atoms with van der Waals surface area (Å²) in [5, 5.41) is 0. The molecule has 0 unspecified atom stereocenters. The molecule has 0 N–H and O–H groups in total. The molecule has 0 atom stereocenters. The molecule has 0 nitrogen and oxygen atoms in total. The van der Waals surface area contributed by atoms with Crippen molar-refractivity contribution in [2.45, 2.75) is 90.4 Å². The van der Waals surface area contributed by atoms with Crippen molar-refractivity contribution in [3.05, 3.63) is 5.92 Å². The molecule has 2 aliphatic rings. The van der Waals surface area contributed by atoms with E-state index in [1.165, 1.54) is 83.5 Å². The van der Waals surface area contributed by atoms with E-state index in [0.717, 1.165) is 11.8 Å². The summed E-state index contributed by atoms with van der Waals surface area (Å²) in [6, 6.07) is 0. The van der Waals surface area contributed by atoms with E-state index in [1.54, 1.807) is 0 Å². The molecule has 99 valence electrons. The predicted octanol–water partition coefficient (Wildman–Crippen LogP) is 5.91. The second-order valence-corrected chi connectivity index (χ2v) is 6.31. The van der Waals surface area contributed by atoms with Crippen LogP contribution < -0.4 is 0 Å². The molecule has 2 rings (SSSR count). The van der Waals surface area contributed by atoms with Crippen molar-refractivity contribution in [3.8, 4) is 0 Å². The van der Waals surface area contributed by atoms with Gasteiger partial charge >= 0.3 is 0 Å². The minimum Gasteiger partial charge on any atom is -0.0648 e. The summed E-state index contributed by atoms with van der Waals surface area (Å²) in [6.45, 7) is 2.42. The van der Waals surface area contributed by atoms with Crippen molar-refractivity contribution in [3.63, 3.8) is 0 Å². The van der Waals surface area contributed by atoms with Crippen molar-refractivity contribution in [2.24, 2.45) is 11.8 Å². The fourth-order valence-electron chi connectivity index (χ4n) is 4.21. The van der Waals surface area contributed by atoms with Gasteiger partial charge in [-0.05, 0) is 49.9 Å². The fourth-order valence-corrected chi connectivity index (χ4v) is 4.21. The lowest BCUT2D eigenvalue weighted by atomic mass is 9.73.